The minimum Gasteiger partial charge on any atom is -0.380 e. The number of hydrogen-bond acceptors (Lipinski definition) is 4. The van der Waals surface area contributed by atoms with Crippen LogP contribution in [0.4, 0.5) is 0 Å². The molecule has 1 aromatic carbocycles. The molecular weight excluding hydrogens is 304 g/mol. The van der Waals surface area contributed by atoms with E-state index in [2.05, 4.69) is 38.1 Å². The van der Waals surface area contributed by atoms with Crippen LogP contribution in [0, 0.1) is 11.8 Å². The van der Waals surface area contributed by atoms with Gasteiger partial charge in [-0.3, -0.25) is 0 Å². The Labute approximate surface area is 145 Å². The summed E-state index contributed by atoms with van der Waals surface area (Å²) in [4.78, 5) is 0. The first-order valence-corrected chi connectivity index (χ1v) is 9.26. The van der Waals surface area contributed by atoms with Gasteiger partial charge in [-0.2, -0.15) is 0 Å². The third kappa shape index (κ3) is 4.57. The van der Waals surface area contributed by atoms with Gasteiger partial charge in [0, 0.05) is 11.8 Å². The Bertz CT molecular complexity index is 434. The fourth-order valence-corrected chi connectivity index (χ4v) is 3.25. The van der Waals surface area contributed by atoms with Gasteiger partial charge < -0.3 is 18.9 Å². The number of ether oxygens (including phenoxy) is 4. The minimum absolute atomic E-state index is 0.316. The van der Waals surface area contributed by atoms with Gasteiger partial charge in [-0.05, 0) is 24.0 Å². The molecule has 3 rings (SSSR count). The Morgan fingerprint density at radius 2 is 1.17 bits per heavy atom. The van der Waals surface area contributed by atoms with E-state index >= 15 is 0 Å². The number of benzene rings is 1. The average Bonchev–Trinajstić information content (AvgIpc) is 2.52. The maximum Gasteiger partial charge on any atom is 0.0720 e. The highest BCUT2D eigenvalue weighted by Crippen LogP contribution is 2.23. The first kappa shape index (κ1) is 17.9. The van der Waals surface area contributed by atoms with Crippen LogP contribution in [0.1, 0.15) is 37.8 Å². The van der Waals surface area contributed by atoms with Gasteiger partial charge in [-0.15, -0.1) is 0 Å². The van der Waals surface area contributed by atoms with E-state index in [-0.39, 0.29) is 0 Å². The standard InChI is InChI=1S/C20H30O4/c1-3-19(17-11-21-12-17)23-9-15-5-7-16(8-6-15)10-24-20(4-2)18-13-22-14-18/h5-8,17-20H,3-4,9-14H2,1-2H3. The van der Waals surface area contributed by atoms with E-state index in [0.717, 1.165) is 39.3 Å². The second kappa shape index (κ2) is 8.95. The lowest BCUT2D eigenvalue weighted by Gasteiger charge is -2.33. The lowest BCUT2D eigenvalue weighted by Crippen LogP contribution is -2.39. The van der Waals surface area contributed by atoms with E-state index < -0.39 is 0 Å². The smallest absolute Gasteiger partial charge is 0.0720 e. The van der Waals surface area contributed by atoms with E-state index in [9.17, 15) is 0 Å². The Morgan fingerprint density at radius 3 is 1.42 bits per heavy atom. The van der Waals surface area contributed by atoms with Gasteiger partial charge in [0.25, 0.3) is 0 Å². The molecule has 0 amide bonds. The summed E-state index contributed by atoms with van der Waals surface area (Å²) >= 11 is 0. The molecule has 2 atom stereocenters. The topological polar surface area (TPSA) is 36.9 Å². The van der Waals surface area contributed by atoms with Gasteiger partial charge in [0.1, 0.15) is 0 Å². The molecule has 0 spiro atoms. The maximum atomic E-state index is 6.07. The minimum atomic E-state index is 0.316. The third-order valence-electron chi connectivity index (χ3n) is 5.14. The van der Waals surface area contributed by atoms with Gasteiger partial charge in [0.15, 0.2) is 0 Å². The predicted octanol–water partition coefficient (Wildman–Crippen LogP) is 3.57. The van der Waals surface area contributed by atoms with Crippen LogP contribution in [0.25, 0.3) is 0 Å². The largest absolute Gasteiger partial charge is 0.380 e. The molecule has 4 nitrogen and oxygen atoms in total. The van der Waals surface area contributed by atoms with Crippen molar-refractivity contribution in [3.05, 3.63) is 35.4 Å². The molecule has 0 aliphatic carbocycles. The molecule has 2 unspecified atom stereocenters. The number of rotatable bonds is 10. The summed E-state index contributed by atoms with van der Waals surface area (Å²) in [6.07, 6.45) is 2.72. The van der Waals surface area contributed by atoms with Crippen molar-refractivity contribution in [2.45, 2.75) is 52.1 Å². The molecule has 2 aliphatic rings. The second-order valence-electron chi connectivity index (χ2n) is 6.93. The SMILES string of the molecule is CCC(OCc1ccc(COC(CC)C2COC2)cc1)C1COC1. The molecule has 0 saturated carbocycles. The van der Waals surface area contributed by atoms with Gasteiger partial charge in [-0.1, -0.05) is 38.1 Å². The lowest BCUT2D eigenvalue weighted by molar-refractivity contribution is -0.119. The highest BCUT2D eigenvalue weighted by Gasteiger charge is 2.28. The third-order valence-corrected chi connectivity index (χ3v) is 5.14. The maximum absolute atomic E-state index is 6.07. The zero-order chi connectivity index (χ0) is 16.8. The van der Waals surface area contributed by atoms with Crippen LogP contribution < -0.4 is 0 Å². The van der Waals surface area contributed by atoms with Crippen molar-refractivity contribution in [2.24, 2.45) is 11.8 Å². The first-order valence-electron chi connectivity index (χ1n) is 9.26. The van der Waals surface area contributed by atoms with Crippen molar-refractivity contribution >= 4 is 0 Å². The Morgan fingerprint density at radius 1 is 0.792 bits per heavy atom. The first-order chi connectivity index (χ1) is 11.8. The van der Waals surface area contributed by atoms with Crippen molar-refractivity contribution in [1.29, 1.82) is 0 Å². The quantitative estimate of drug-likeness (QED) is 0.655. The van der Waals surface area contributed by atoms with Crippen molar-refractivity contribution in [2.75, 3.05) is 26.4 Å². The van der Waals surface area contributed by atoms with Crippen molar-refractivity contribution < 1.29 is 18.9 Å². The molecule has 0 radical (unpaired) electrons. The molecular formula is C20H30O4. The van der Waals surface area contributed by atoms with Crippen LogP contribution in [0.3, 0.4) is 0 Å². The van der Waals surface area contributed by atoms with Crippen molar-refractivity contribution in [3.8, 4) is 0 Å². The number of hydrogen-bond donors (Lipinski definition) is 0. The Kier molecular flexibility index (Phi) is 6.67. The monoisotopic (exact) mass is 334 g/mol. The summed E-state index contributed by atoms with van der Waals surface area (Å²) in [5, 5.41) is 0. The summed E-state index contributed by atoms with van der Waals surface area (Å²) in [6, 6.07) is 8.60. The summed E-state index contributed by atoms with van der Waals surface area (Å²) in [7, 11) is 0. The second-order valence-corrected chi connectivity index (χ2v) is 6.93. The molecule has 1 aromatic rings. The molecule has 2 aliphatic heterocycles. The van der Waals surface area contributed by atoms with Crippen LogP contribution in [0.2, 0.25) is 0 Å². The Balaban J connectivity index is 1.42. The summed E-state index contributed by atoms with van der Waals surface area (Å²) < 4.78 is 22.7. The van der Waals surface area contributed by atoms with Crippen LogP contribution in [-0.2, 0) is 32.2 Å². The van der Waals surface area contributed by atoms with Gasteiger partial charge >= 0.3 is 0 Å². The average molecular weight is 334 g/mol. The van der Waals surface area contributed by atoms with E-state index in [0.29, 0.717) is 37.3 Å². The summed E-state index contributed by atoms with van der Waals surface area (Å²) in [5.41, 5.74) is 2.44. The molecule has 4 heteroatoms. The van der Waals surface area contributed by atoms with E-state index in [1.807, 2.05) is 0 Å². The molecule has 24 heavy (non-hydrogen) atoms. The van der Waals surface area contributed by atoms with Crippen LogP contribution in [-0.4, -0.2) is 38.6 Å². The molecule has 0 N–H and O–H groups in total. The van der Waals surface area contributed by atoms with Gasteiger partial charge in [0.2, 0.25) is 0 Å². The highest BCUT2D eigenvalue weighted by molar-refractivity contribution is 5.21. The lowest BCUT2D eigenvalue weighted by atomic mass is 9.98. The zero-order valence-electron chi connectivity index (χ0n) is 14.9. The summed E-state index contributed by atoms with van der Waals surface area (Å²) in [5.74, 6) is 1.15. The normalized spacial score (nSPS) is 21.1. The molecule has 2 fully saturated rings. The summed E-state index contributed by atoms with van der Waals surface area (Å²) in [6.45, 7) is 9.10. The fourth-order valence-electron chi connectivity index (χ4n) is 3.25. The molecule has 0 aromatic heterocycles. The van der Waals surface area contributed by atoms with Crippen LogP contribution in [0.5, 0.6) is 0 Å². The zero-order valence-corrected chi connectivity index (χ0v) is 14.9. The molecule has 2 saturated heterocycles. The van der Waals surface area contributed by atoms with E-state index in [1.165, 1.54) is 11.1 Å². The Hall–Kier alpha value is -0.940. The predicted molar refractivity (Wildman–Crippen MR) is 92.8 cm³/mol. The van der Waals surface area contributed by atoms with Crippen LogP contribution in [0.15, 0.2) is 24.3 Å². The van der Waals surface area contributed by atoms with Gasteiger partial charge in [-0.25, -0.2) is 0 Å². The van der Waals surface area contributed by atoms with Crippen molar-refractivity contribution in [3.63, 3.8) is 0 Å². The molecule has 134 valence electrons. The van der Waals surface area contributed by atoms with Gasteiger partial charge in [0.05, 0.1) is 51.8 Å². The van der Waals surface area contributed by atoms with Crippen molar-refractivity contribution in [1.82, 2.24) is 0 Å². The van der Waals surface area contributed by atoms with Crippen LogP contribution >= 0.6 is 0 Å². The van der Waals surface area contributed by atoms with E-state index in [4.69, 9.17) is 18.9 Å². The molecule has 2 heterocycles. The molecule has 0 bridgehead atoms. The fraction of sp³-hybridized carbons (Fsp3) is 0.700. The van der Waals surface area contributed by atoms with E-state index in [1.54, 1.807) is 0 Å². The highest BCUT2D eigenvalue weighted by atomic mass is 16.5.